The van der Waals surface area contributed by atoms with Gasteiger partial charge in [-0.05, 0) is 12.0 Å². The summed E-state index contributed by atoms with van der Waals surface area (Å²) in [6.45, 7) is 6.28. The van der Waals surface area contributed by atoms with E-state index in [0.29, 0.717) is 79.3 Å². The summed E-state index contributed by atoms with van der Waals surface area (Å²) in [6.07, 6.45) is -0.896. The van der Waals surface area contributed by atoms with Crippen LogP contribution in [-0.2, 0) is 116 Å². The largest absolute Gasteiger partial charge is 0.481 e. The smallest absolute Gasteiger partial charge is 0.407 e. The maximum absolute atomic E-state index is 13.7. The molecule has 0 unspecified atom stereocenters. The number of hydrogen-bond acceptors (Lipinski definition) is 24. The van der Waals surface area contributed by atoms with Gasteiger partial charge in [0.05, 0.1) is 217 Å². The third-order valence-corrected chi connectivity index (χ3v) is 11.5. The van der Waals surface area contributed by atoms with Crippen molar-refractivity contribution in [3.05, 3.63) is 35.9 Å². The van der Waals surface area contributed by atoms with Crippen LogP contribution in [-0.4, -0.2) is 293 Å². The number of rotatable bonds is 67. The fourth-order valence-corrected chi connectivity index (χ4v) is 6.92. The Balaban J connectivity index is 2.77. The Labute approximate surface area is 526 Å². The molecule has 0 heterocycles. The highest BCUT2D eigenvalue weighted by molar-refractivity contribution is 5.78. The van der Waals surface area contributed by atoms with Crippen molar-refractivity contribution in [2.24, 2.45) is 0 Å². The SMILES string of the molecule is O=C(O)CCOCCOCCOCCOCCNC(=O)CCOCC(COCCC(=O)NCCOCCOCCOCCOCCC(=O)O)(COCCC(=O)NCCOCCOCCOCCOCCC(=O)O)NC(=O)CCCNC(=O)OCc1ccccc1. The average Bonchev–Trinajstić information content (AvgIpc) is 2.52. The van der Waals surface area contributed by atoms with E-state index in [4.69, 9.17) is 91.1 Å². The predicted molar refractivity (Wildman–Crippen MR) is 317 cm³/mol. The molecule has 8 N–H and O–H groups in total. The first-order valence-corrected chi connectivity index (χ1v) is 30.2. The van der Waals surface area contributed by atoms with Crippen molar-refractivity contribution >= 4 is 47.6 Å². The van der Waals surface area contributed by atoms with E-state index in [0.717, 1.165) is 5.56 Å². The second-order valence-corrected chi connectivity index (χ2v) is 19.2. The van der Waals surface area contributed by atoms with Crippen LogP contribution in [0.25, 0.3) is 0 Å². The van der Waals surface area contributed by atoms with Gasteiger partial charge in [0.2, 0.25) is 23.6 Å². The van der Waals surface area contributed by atoms with Crippen LogP contribution in [0.4, 0.5) is 4.79 Å². The molecule has 1 aromatic carbocycles. The predicted octanol–water partition coefficient (Wildman–Crippen LogP) is -0.260. The van der Waals surface area contributed by atoms with Gasteiger partial charge in [0.1, 0.15) is 12.1 Å². The van der Waals surface area contributed by atoms with Crippen LogP contribution in [0.2, 0.25) is 0 Å². The zero-order valence-electron chi connectivity index (χ0n) is 51.9. The molecule has 518 valence electrons. The highest BCUT2D eigenvalue weighted by Gasteiger charge is 2.34. The number of ether oxygens (including phenoxy) is 16. The molecule has 1 rings (SSSR count). The van der Waals surface area contributed by atoms with Crippen LogP contribution in [0.15, 0.2) is 30.3 Å². The molecule has 5 amide bonds. The van der Waals surface area contributed by atoms with Gasteiger partial charge >= 0.3 is 24.0 Å². The van der Waals surface area contributed by atoms with Crippen molar-refractivity contribution in [3.63, 3.8) is 0 Å². The van der Waals surface area contributed by atoms with Crippen molar-refractivity contribution in [2.45, 2.75) is 63.5 Å². The number of hydrogen-bond donors (Lipinski definition) is 8. The molecule has 0 saturated carbocycles. The van der Waals surface area contributed by atoms with Gasteiger partial charge in [-0.2, -0.15) is 0 Å². The first-order chi connectivity index (χ1) is 43.8. The third kappa shape index (κ3) is 57.3. The van der Waals surface area contributed by atoms with E-state index in [9.17, 15) is 38.4 Å². The summed E-state index contributed by atoms with van der Waals surface area (Å²) in [5.41, 5.74) is -0.597. The molecule has 32 nitrogen and oxygen atoms in total. The minimum atomic E-state index is -1.40. The lowest BCUT2D eigenvalue weighted by Gasteiger charge is -2.34. The Morgan fingerprint density at radius 1 is 0.311 bits per heavy atom. The topological polar surface area (TPSA) is 405 Å². The fourth-order valence-electron chi connectivity index (χ4n) is 6.92. The van der Waals surface area contributed by atoms with Crippen molar-refractivity contribution in [1.29, 1.82) is 0 Å². The van der Waals surface area contributed by atoms with E-state index in [1.165, 1.54) is 0 Å². The van der Waals surface area contributed by atoms with Crippen LogP contribution in [0.5, 0.6) is 0 Å². The molecule has 0 bridgehead atoms. The maximum Gasteiger partial charge on any atom is 0.407 e. The number of aliphatic carboxylic acids is 3. The summed E-state index contributed by atoms with van der Waals surface area (Å²) in [6, 6.07) is 9.13. The number of carboxylic acids is 3. The molecule has 0 atom stereocenters. The normalized spacial score (nSPS) is 11.3. The molecule has 90 heavy (non-hydrogen) atoms. The summed E-state index contributed by atoms with van der Waals surface area (Å²) in [7, 11) is 0. The van der Waals surface area contributed by atoms with Gasteiger partial charge in [-0.25, -0.2) is 4.79 Å². The molecular weight excluding hydrogens is 1200 g/mol. The third-order valence-electron chi connectivity index (χ3n) is 11.5. The summed E-state index contributed by atoms with van der Waals surface area (Å²) in [5.74, 6) is -4.25. The Morgan fingerprint density at radius 3 is 0.911 bits per heavy atom. The molecule has 0 fully saturated rings. The Kier molecular flexibility index (Phi) is 55.5. The van der Waals surface area contributed by atoms with Gasteiger partial charge in [0.15, 0.2) is 0 Å². The van der Waals surface area contributed by atoms with Crippen LogP contribution < -0.4 is 26.6 Å². The second kappa shape index (κ2) is 60.7. The van der Waals surface area contributed by atoms with Crippen molar-refractivity contribution in [1.82, 2.24) is 26.6 Å². The highest BCUT2D eigenvalue weighted by atomic mass is 16.6. The van der Waals surface area contributed by atoms with E-state index < -0.39 is 35.4 Å². The van der Waals surface area contributed by atoms with Crippen LogP contribution in [0.1, 0.15) is 56.9 Å². The molecule has 32 heteroatoms. The van der Waals surface area contributed by atoms with Crippen LogP contribution in [0, 0.1) is 0 Å². The maximum atomic E-state index is 13.7. The molecule has 0 radical (unpaired) electrons. The molecule has 0 aliphatic carbocycles. The van der Waals surface area contributed by atoms with Crippen molar-refractivity contribution in [2.75, 3.05) is 224 Å². The molecule has 0 aliphatic heterocycles. The van der Waals surface area contributed by atoms with E-state index in [-0.39, 0.29) is 221 Å². The van der Waals surface area contributed by atoms with Gasteiger partial charge in [0.25, 0.3) is 0 Å². The summed E-state index contributed by atoms with van der Waals surface area (Å²) < 4.78 is 87.8. The van der Waals surface area contributed by atoms with Crippen LogP contribution >= 0.6 is 0 Å². The lowest BCUT2D eigenvalue weighted by molar-refractivity contribution is -0.139. The summed E-state index contributed by atoms with van der Waals surface area (Å²) in [4.78, 5) is 96.0. The standard InChI is InChI=1S/C58H99N5O27/c64-50(59-15-24-78-30-36-84-42-39-81-33-27-75-21-11-54(68)69)8-18-87-46-58(63-53(67)7-4-14-62-57(74)90-45-49-5-2-1-3-6-49,47-88-19-9-51(65)60-16-25-79-31-37-85-43-40-82-34-28-76-22-12-55(70)71)48-89-20-10-52(66)61-17-26-80-32-38-86-44-41-83-35-29-77-23-13-56(72)73/h1-3,5-6H,4,7-48H2,(H,59,64)(H,60,65)(H,61,66)(H,62,74)(H,63,67)(H,68,69)(H,70,71)(H,72,73). The van der Waals surface area contributed by atoms with Crippen molar-refractivity contribution < 1.29 is 129 Å². The van der Waals surface area contributed by atoms with Gasteiger partial charge in [-0.15, -0.1) is 0 Å². The zero-order chi connectivity index (χ0) is 65.5. The first-order valence-electron chi connectivity index (χ1n) is 30.2. The molecule has 1 aromatic rings. The van der Waals surface area contributed by atoms with E-state index >= 15 is 0 Å². The van der Waals surface area contributed by atoms with E-state index in [1.807, 2.05) is 30.3 Å². The van der Waals surface area contributed by atoms with Crippen LogP contribution in [0.3, 0.4) is 0 Å². The Morgan fingerprint density at radius 2 is 0.600 bits per heavy atom. The second-order valence-electron chi connectivity index (χ2n) is 19.2. The number of nitrogens with one attached hydrogen (secondary N) is 5. The molecular formula is C58H99N5O27. The number of carbonyl (C=O) groups excluding carboxylic acids is 5. The number of carbonyl (C=O) groups is 8. The minimum absolute atomic E-state index is 0.0558. The fraction of sp³-hybridized carbons (Fsp3) is 0.759. The van der Waals surface area contributed by atoms with Gasteiger partial charge < -0.3 is 118 Å². The van der Waals surface area contributed by atoms with Gasteiger partial charge in [-0.1, -0.05) is 30.3 Å². The zero-order valence-corrected chi connectivity index (χ0v) is 51.9. The quantitative estimate of drug-likeness (QED) is 0.0390. The number of amides is 5. The average molecular weight is 1300 g/mol. The molecule has 0 aromatic heterocycles. The lowest BCUT2D eigenvalue weighted by atomic mass is 10.0. The Bertz CT molecular complexity index is 1830. The molecule has 0 spiro atoms. The number of benzene rings is 1. The minimum Gasteiger partial charge on any atom is -0.481 e. The first kappa shape index (κ1) is 82.2. The molecule has 0 saturated heterocycles. The highest BCUT2D eigenvalue weighted by Crippen LogP contribution is 2.12. The summed E-state index contributed by atoms with van der Waals surface area (Å²) >= 11 is 0. The van der Waals surface area contributed by atoms with Crippen molar-refractivity contribution in [3.8, 4) is 0 Å². The number of alkyl carbamates (subject to hydrolysis) is 1. The van der Waals surface area contributed by atoms with Gasteiger partial charge in [0, 0.05) is 51.9 Å². The van der Waals surface area contributed by atoms with E-state index in [1.54, 1.807) is 0 Å². The van der Waals surface area contributed by atoms with Gasteiger partial charge in [-0.3, -0.25) is 33.6 Å². The number of carboxylic acid groups (broad SMARTS) is 3. The lowest BCUT2D eigenvalue weighted by Crippen LogP contribution is -2.58. The van der Waals surface area contributed by atoms with E-state index in [2.05, 4.69) is 26.6 Å². The molecule has 0 aliphatic rings. The Hall–Kier alpha value is -5.82. The summed E-state index contributed by atoms with van der Waals surface area (Å²) in [5, 5.41) is 39.8. The monoisotopic (exact) mass is 1300 g/mol.